The summed E-state index contributed by atoms with van der Waals surface area (Å²) in [7, 11) is 1.69. The van der Waals surface area contributed by atoms with Crippen molar-refractivity contribution in [1.82, 2.24) is 20.5 Å². The first-order chi connectivity index (χ1) is 7.90. The first-order valence-corrected chi connectivity index (χ1v) is 6.50. The van der Waals surface area contributed by atoms with Crippen molar-refractivity contribution < 1.29 is 4.74 Å². The standard InChI is InChI=1S/C9H12N4OS2/c1-14-3-2-10-5-8-12-13-9(16-8)7-4-11-6-15-7/h4,6,10H,2-3,5H2,1H3. The fourth-order valence-corrected chi connectivity index (χ4v) is 2.60. The summed E-state index contributed by atoms with van der Waals surface area (Å²) in [6.45, 7) is 2.27. The Balaban J connectivity index is 1.88. The average Bonchev–Trinajstić information content (AvgIpc) is 2.94. The van der Waals surface area contributed by atoms with Gasteiger partial charge in [0.2, 0.25) is 0 Å². The molecule has 2 rings (SSSR count). The number of rotatable bonds is 6. The second-order valence-electron chi connectivity index (χ2n) is 3.04. The Kier molecular flexibility index (Phi) is 4.34. The highest BCUT2D eigenvalue weighted by Crippen LogP contribution is 2.26. The zero-order chi connectivity index (χ0) is 11.2. The number of ether oxygens (including phenoxy) is 1. The maximum absolute atomic E-state index is 4.94. The molecule has 0 aliphatic rings. The summed E-state index contributed by atoms with van der Waals surface area (Å²) in [6.07, 6.45) is 1.81. The van der Waals surface area contributed by atoms with Crippen LogP contribution in [0.4, 0.5) is 0 Å². The number of methoxy groups -OCH3 is 1. The van der Waals surface area contributed by atoms with Crippen LogP contribution in [0.15, 0.2) is 11.7 Å². The van der Waals surface area contributed by atoms with E-state index in [4.69, 9.17) is 4.74 Å². The lowest BCUT2D eigenvalue weighted by atomic mass is 10.6. The molecule has 0 saturated heterocycles. The van der Waals surface area contributed by atoms with Gasteiger partial charge in [-0.15, -0.1) is 21.5 Å². The van der Waals surface area contributed by atoms with E-state index >= 15 is 0 Å². The molecule has 1 N–H and O–H groups in total. The summed E-state index contributed by atoms with van der Waals surface area (Å²) in [5, 5.41) is 13.4. The number of nitrogens with zero attached hydrogens (tertiary/aromatic N) is 3. The molecule has 0 spiro atoms. The molecule has 2 heterocycles. The van der Waals surface area contributed by atoms with Gasteiger partial charge >= 0.3 is 0 Å². The fraction of sp³-hybridized carbons (Fsp3) is 0.444. The highest BCUT2D eigenvalue weighted by molar-refractivity contribution is 7.20. The predicted molar refractivity (Wildman–Crippen MR) is 64.6 cm³/mol. The SMILES string of the molecule is COCCNCc1nnc(-c2cncs2)s1. The molecule has 0 radical (unpaired) electrons. The third-order valence-electron chi connectivity index (χ3n) is 1.87. The largest absolute Gasteiger partial charge is 0.383 e. The van der Waals surface area contributed by atoms with Gasteiger partial charge in [-0.1, -0.05) is 11.3 Å². The van der Waals surface area contributed by atoms with Crippen molar-refractivity contribution in [3.63, 3.8) is 0 Å². The van der Waals surface area contributed by atoms with Crippen LogP contribution in [0.25, 0.3) is 9.88 Å². The van der Waals surface area contributed by atoms with Gasteiger partial charge in [-0.3, -0.25) is 4.98 Å². The van der Waals surface area contributed by atoms with Gasteiger partial charge in [0.1, 0.15) is 5.01 Å². The number of thiazole rings is 1. The van der Waals surface area contributed by atoms with E-state index in [0.29, 0.717) is 6.61 Å². The monoisotopic (exact) mass is 256 g/mol. The summed E-state index contributed by atoms with van der Waals surface area (Å²) in [4.78, 5) is 5.09. The molecular weight excluding hydrogens is 244 g/mol. The van der Waals surface area contributed by atoms with Crippen LogP contribution in [0.1, 0.15) is 5.01 Å². The minimum Gasteiger partial charge on any atom is -0.383 e. The minimum atomic E-state index is 0.709. The molecule has 0 aliphatic heterocycles. The Morgan fingerprint density at radius 3 is 3.12 bits per heavy atom. The number of aromatic nitrogens is 3. The Morgan fingerprint density at radius 1 is 1.44 bits per heavy atom. The Hall–Kier alpha value is -0.890. The topological polar surface area (TPSA) is 59.9 Å². The van der Waals surface area contributed by atoms with Crippen LogP contribution in [-0.4, -0.2) is 35.4 Å². The smallest absolute Gasteiger partial charge is 0.159 e. The lowest BCUT2D eigenvalue weighted by molar-refractivity contribution is 0.199. The normalized spacial score (nSPS) is 10.8. The van der Waals surface area contributed by atoms with Gasteiger partial charge in [-0.2, -0.15) is 0 Å². The van der Waals surface area contributed by atoms with E-state index < -0.39 is 0 Å². The predicted octanol–water partition coefficient (Wildman–Crippen LogP) is 1.40. The van der Waals surface area contributed by atoms with Crippen molar-refractivity contribution in [3.05, 3.63) is 16.7 Å². The van der Waals surface area contributed by atoms with Crippen LogP contribution < -0.4 is 5.32 Å². The summed E-state index contributed by atoms with van der Waals surface area (Å²) >= 11 is 3.17. The van der Waals surface area contributed by atoms with Crippen LogP contribution in [0.3, 0.4) is 0 Å². The number of nitrogens with one attached hydrogen (secondary N) is 1. The molecule has 16 heavy (non-hydrogen) atoms. The highest BCUT2D eigenvalue weighted by Gasteiger charge is 2.07. The van der Waals surface area contributed by atoms with Crippen molar-refractivity contribution in [2.24, 2.45) is 0 Å². The Labute approximate surface area is 102 Å². The molecular formula is C9H12N4OS2. The van der Waals surface area contributed by atoms with Crippen molar-refractivity contribution in [3.8, 4) is 9.88 Å². The Morgan fingerprint density at radius 2 is 2.38 bits per heavy atom. The maximum Gasteiger partial charge on any atom is 0.159 e. The first-order valence-electron chi connectivity index (χ1n) is 4.81. The molecule has 0 fully saturated rings. The first kappa shape index (κ1) is 11.6. The summed E-state index contributed by atoms with van der Waals surface area (Å²) in [5.74, 6) is 0. The molecule has 0 aliphatic carbocycles. The number of hydrogen-bond donors (Lipinski definition) is 1. The molecule has 0 saturated carbocycles. The summed E-state index contributed by atoms with van der Waals surface area (Å²) in [6, 6.07) is 0. The van der Waals surface area contributed by atoms with Crippen molar-refractivity contribution >= 4 is 22.7 Å². The van der Waals surface area contributed by atoms with E-state index in [2.05, 4.69) is 20.5 Å². The van der Waals surface area contributed by atoms with E-state index in [1.165, 1.54) is 0 Å². The van der Waals surface area contributed by atoms with Crippen molar-refractivity contribution in [1.29, 1.82) is 0 Å². The van der Waals surface area contributed by atoms with Gasteiger partial charge in [-0.25, -0.2) is 0 Å². The lowest BCUT2D eigenvalue weighted by Gasteiger charge is -1.99. The average molecular weight is 256 g/mol. The van der Waals surface area contributed by atoms with E-state index in [1.807, 2.05) is 6.20 Å². The van der Waals surface area contributed by atoms with Crippen molar-refractivity contribution in [2.45, 2.75) is 6.54 Å². The van der Waals surface area contributed by atoms with Gasteiger partial charge in [0.15, 0.2) is 5.01 Å². The van der Waals surface area contributed by atoms with Gasteiger partial charge in [-0.05, 0) is 0 Å². The van der Waals surface area contributed by atoms with Crippen LogP contribution in [-0.2, 0) is 11.3 Å². The lowest BCUT2D eigenvalue weighted by Crippen LogP contribution is -2.18. The molecule has 5 nitrogen and oxygen atoms in total. The quantitative estimate of drug-likeness (QED) is 0.792. The van der Waals surface area contributed by atoms with Gasteiger partial charge < -0.3 is 10.1 Å². The molecule has 7 heteroatoms. The second kappa shape index (κ2) is 6.00. The van der Waals surface area contributed by atoms with Crippen LogP contribution in [0, 0.1) is 0 Å². The minimum absolute atomic E-state index is 0.709. The highest BCUT2D eigenvalue weighted by atomic mass is 32.1. The van der Waals surface area contributed by atoms with E-state index in [1.54, 1.807) is 35.3 Å². The molecule has 0 aromatic carbocycles. The fourth-order valence-electron chi connectivity index (χ4n) is 1.12. The van der Waals surface area contributed by atoms with E-state index in [-0.39, 0.29) is 0 Å². The third kappa shape index (κ3) is 3.05. The molecule has 0 atom stereocenters. The van der Waals surface area contributed by atoms with Gasteiger partial charge in [0.25, 0.3) is 0 Å². The third-order valence-corrected chi connectivity index (χ3v) is 3.73. The van der Waals surface area contributed by atoms with E-state index in [9.17, 15) is 0 Å². The van der Waals surface area contributed by atoms with Gasteiger partial charge in [0.05, 0.1) is 17.0 Å². The van der Waals surface area contributed by atoms with E-state index in [0.717, 1.165) is 28.0 Å². The summed E-state index contributed by atoms with van der Waals surface area (Å²) < 4.78 is 4.94. The molecule has 0 unspecified atom stereocenters. The second-order valence-corrected chi connectivity index (χ2v) is 4.98. The summed E-state index contributed by atoms with van der Waals surface area (Å²) in [5.41, 5.74) is 1.80. The van der Waals surface area contributed by atoms with Crippen LogP contribution >= 0.6 is 22.7 Å². The van der Waals surface area contributed by atoms with Crippen LogP contribution in [0.5, 0.6) is 0 Å². The zero-order valence-corrected chi connectivity index (χ0v) is 10.5. The molecule has 86 valence electrons. The molecule has 2 aromatic heterocycles. The van der Waals surface area contributed by atoms with Gasteiger partial charge in [0, 0.05) is 26.4 Å². The number of hydrogen-bond acceptors (Lipinski definition) is 7. The van der Waals surface area contributed by atoms with Crippen molar-refractivity contribution in [2.75, 3.05) is 20.3 Å². The van der Waals surface area contributed by atoms with Crippen LogP contribution in [0.2, 0.25) is 0 Å². The zero-order valence-electron chi connectivity index (χ0n) is 8.84. The molecule has 0 amide bonds. The maximum atomic E-state index is 4.94. The molecule has 0 bridgehead atoms. The Bertz CT molecular complexity index is 415. The molecule has 2 aromatic rings.